The third kappa shape index (κ3) is 20.8. The topological polar surface area (TPSA) is 249 Å². The first-order valence-electron chi connectivity index (χ1n) is 16.8. The lowest BCUT2D eigenvalue weighted by Gasteiger charge is -2.22. The van der Waals surface area contributed by atoms with Crippen LogP contribution in [0.15, 0.2) is 0 Å². The minimum Gasteiger partial charge on any atom is -0.480 e. The number of nitrogens with one attached hydrogen (secondary N) is 6. The van der Waals surface area contributed by atoms with Gasteiger partial charge in [0.25, 0.3) is 0 Å². The van der Waals surface area contributed by atoms with Crippen LogP contribution in [0.25, 0.3) is 0 Å². The van der Waals surface area contributed by atoms with Crippen LogP contribution in [0.1, 0.15) is 118 Å². The van der Waals surface area contributed by atoms with E-state index in [1.807, 2.05) is 0 Å². The Labute approximate surface area is 282 Å². The molecule has 8 N–H and O–H groups in total. The highest BCUT2D eigenvalue weighted by molar-refractivity contribution is 5.93. The Bertz CT molecular complexity index is 1090. The van der Waals surface area contributed by atoms with Gasteiger partial charge in [-0.25, -0.2) is 4.79 Å². The molecule has 0 saturated carbocycles. The van der Waals surface area contributed by atoms with Crippen LogP contribution in [-0.4, -0.2) is 94.3 Å². The maximum atomic E-state index is 13.0. The predicted molar refractivity (Wildman–Crippen MR) is 176 cm³/mol. The number of carboxylic acids is 2. The van der Waals surface area contributed by atoms with Crippen molar-refractivity contribution in [3.8, 4) is 0 Å². The van der Waals surface area contributed by atoms with Crippen molar-refractivity contribution in [2.75, 3.05) is 6.54 Å². The van der Waals surface area contributed by atoms with Crippen molar-refractivity contribution >= 4 is 47.4 Å². The molecule has 0 fully saturated rings. The molecular formula is C32H56N6O10. The minimum atomic E-state index is -1.45. The van der Waals surface area contributed by atoms with Crippen molar-refractivity contribution in [3.05, 3.63) is 0 Å². The molecule has 274 valence electrons. The summed E-state index contributed by atoms with van der Waals surface area (Å²) < 4.78 is 0. The van der Waals surface area contributed by atoms with Gasteiger partial charge in [0, 0.05) is 26.3 Å². The summed E-state index contributed by atoms with van der Waals surface area (Å²) in [5.41, 5.74) is 0. The first-order chi connectivity index (χ1) is 22.6. The van der Waals surface area contributed by atoms with Crippen LogP contribution >= 0.6 is 0 Å². The molecule has 5 atom stereocenters. The lowest BCUT2D eigenvalue weighted by Crippen LogP contribution is -2.54. The Balaban J connectivity index is 5.09. The molecule has 0 aliphatic rings. The van der Waals surface area contributed by atoms with Gasteiger partial charge in [0.05, 0.1) is 0 Å². The molecule has 16 nitrogen and oxygen atoms in total. The molecule has 0 saturated heterocycles. The Morgan fingerprint density at radius 1 is 0.521 bits per heavy atom. The van der Waals surface area contributed by atoms with Crippen LogP contribution in [0.3, 0.4) is 0 Å². The second-order valence-electron chi connectivity index (χ2n) is 12.0. The minimum absolute atomic E-state index is 0.117. The fourth-order valence-electron chi connectivity index (χ4n) is 4.50. The van der Waals surface area contributed by atoms with Gasteiger partial charge in [-0.05, 0) is 52.9 Å². The number of aliphatic carboxylic acids is 2. The Morgan fingerprint density at radius 2 is 1.06 bits per heavy atom. The molecule has 0 aromatic heterocycles. The maximum absolute atomic E-state index is 13.0. The zero-order valence-corrected chi connectivity index (χ0v) is 28.9. The van der Waals surface area contributed by atoms with Crippen LogP contribution in [0.5, 0.6) is 0 Å². The SMILES string of the molecule is CCCCCCCCCC(=O)N[C@@H](C)C(=O)N[C@H](CCC(=O)N[C@@H](CCCCNC(C)=O)C(=O)N[C@H](C)C(=O)N[C@H](C)C(=O)O)C(=O)O. The zero-order chi connectivity index (χ0) is 36.6. The van der Waals surface area contributed by atoms with E-state index in [0.29, 0.717) is 25.8 Å². The van der Waals surface area contributed by atoms with Crippen LogP contribution in [0.2, 0.25) is 0 Å². The van der Waals surface area contributed by atoms with Crippen molar-refractivity contribution in [3.63, 3.8) is 0 Å². The standard InChI is InChI=1S/C32H56N6O10/c1-6-7-8-9-10-11-12-16-26(40)34-20(2)29(43)38-25(32(47)48)17-18-27(41)37-24(15-13-14-19-33-23(5)39)30(44)35-21(3)28(42)36-22(4)31(45)46/h20-22,24-25H,6-19H2,1-5H3,(H,33,39)(H,34,40)(H,35,44)(H,36,42)(H,37,41)(H,38,43)(H,45,46)(H,47,48)/t20-,21+,22+,24-,25+/m0/s1. The van der Waals surface area contributed by atoms with Gasteiger partial charge >= 0.3 is 11.9 Å². The van der Waals surface area contributed by atoms with E-state index >= 15 is 0 Å². The van der Waals surface area contributed by atoms with Crippen LogP contribution in [-0.2, 0) is 38.4 Å². The summed E-state index contributed by atoms with van der Waals surface area (Å²) in [7, 11) is 0. The molecule has 0 unspecified atom stereocenters. The molecule has 0 aliphatic carbocycles. The van der Waals surface area contributed by atoms with Gasteiger partial charge in [-0.15, -0.1) is 0 Å². The molecule has 48 heavy (non-hydrogen) atoms. The largest absolute Gasteiger partial charge is 0.480 e. The molecular weight excluding hydrogens is 628 g/mol. The van der Waals surface area contributed by atoms with Crippen molar-refractivity contribution in [1.29, 1.82) is 0 Å². The van der Waals surface area contributed by atoms with E-state index in [4.69, 9.17) is 5.11 Å². The summed E-state index contributed by atoms with van der Waals surface area (Å²) in [5, 5.41) is 33.4. The van der Waals surface area contributed by atoms with Gasteiger partial charge in [0.1, 0.15) is 30.2 Å². The number of unbranched alkanes of at least 4 members (excludes halogenated alkanes) is 7. The molecule has 6 amide bonds. The van der Waals surface area contributed by atoms with Gasteiger partial charge < -0.3 is 42.1 Å². The highest BCUT2D eigenvalue weighted by Crippen LogP contribution is 2.09. The van der Waals surface area contributed by atoms with E-state index in [-0.39, 0.29) is 37.5 Å². The number of hydrogen-bond acceptors (Lipinski definition) is 8. The number of carbonyl (C=O) groups excluding carboxylic acids is 6. The van der Waals surface area contributed by atoms with Crippen LogP contribution < -0.4 is 31.9 Å². The first-order valence-corrected chi connectivity index (χ1v) is 16.8. The molecule has 0 radical (unpaired) electrons. The van der Waals surface area contributed by atoms with Crippen molar-refractivity contribution < 1.29 is 48.6 Å². The number of carboxylic acid groups (broad SMARTS) is 2. The van der Waals surface area contributed by atoms with Gasteiger partial charge in [-0.3, -0.25) is 33.6 Å². The van der Waals surface area contributed by atoms with Gasteiger partial charge in [-0.2, -0.15) is 0 Å². The van der Waals surface area contributed by atoms with Crippen molar-refractivity contribution in [1.82, 2.24) is 31.9 Å². The summed E-state index contributed by atoms with van der Waals surface area (Å²) in [5.74, 6) is -6.09. The smallest absolute Gasteiger partial charge is 0.326 e. The molecule has 0 aromatic carbocycles. The fourth-order valence-corrected chi connectivity index (χ4v) is 4.50. The zero-order valence-electron chi connectivity index (χ0n) is 28.9. The number of amides is 6. The third-order valence-corrected chi connectivity index (χ3v) is 7.48. The normalized spacial score (nSPS) is 13.9. The van der Waals surface area contributed by atoms with Crippen molar-refractivity contribution in [2.45, 2.75) is 148 Å². The maximum Gasteiger partial charge on any atom is 0.326 e. The molecule has 16 heteroatoms. The van der Waals surface area contributed by atoms with Crippen molar-refractivity contribution in [2.24, 2.45) is 0 Å². The average molecular weight is 685 g/mol. The summed E-state index contributed by atoms with van der Waals surface area (Å²) in [4.78, 5) is 97.0. The molecule has 0 aliphatic heterocycles. The summed E-state index contributed by atoms with van der Waals surface area (Å²) in [6.07, 6.45) is 7.80. The number of hydrogen-bond donors (Lipinski definition) is 8. The third-order valence-electron chi connectivity index (χ3n) is 7.48. The van der Waals surface area contributed by atoms with Gasteiger partial charge in [-0.1, -0.05) is 45.4 Å². The quantitative estimate of drug-likeness (QED) is 0.0597. The van der Waals surface area contributed by atoms with Gasteiger partial charge in [0.15, 0.2) is 0 Å². The highest BCUT2D eigenvalue weighted by atomic mass is 16.4. The van der Waals surface area contributed by atoms with E-state index in [1.54, 1.807) is 0 Å². The summed E-state index contributed by atoms with van der Waals surface area (Å²) >= 11 is 0. The van der Waals surface area contributed by atoms with E-state index in [0.717, 1.165) is 25.7 Å². The molecule has 0 bridgehead atoms. The van der Waals surface area contributed by atoms with Crippen LogP contribution in [0.4, 0.5) is 0 Å². The lowest BCUT2D eigenvalue weighted by molar-refractivity contribution is -0.143. The average Bonchev–Trinajstić information content (AvgIpc) is 3.00. The molecule has 0 spiro atoms. The van der Waals surface area contributed by atoms with Gasteiger partial charge in [0.2, 0.25) is 35.4 Å². The highest BCUT2D eigenvalue weighted by Gasteiger charge is 2.28. The fraction of sp³-hybridized carbons (Fsp3) is 0.750. The Morgan fingerprint density at radius 3 is 1.65 bits per heavy atom. The summed E-state index contributed by atoms with van der Waals surface area (Å²) in [6, 6.07) is -5.91. The predicted octanol–water partition coefficient (Wildman–Crippen LogP) is 0.867. The van der Waals surface area contributed by atoms with E-state index in [2.05, 4.69) is 38.8 Å². The Hall–Kier alpha value is -4.24. The second-order valence-corrected chi connectivity index (χ2v) is 12.0. The first kappa shape index (κ1) is 43.8. The Kier molecular flexibility index (Phi) is 22.7. The molecule has 0 heterocycles. The monoisotopic (exact) mass is 684 g/mol. The lowest BCUT2D eigenvalue weighted by atomic mass is 10.1. The molecule has 0 rings (SSSR count). The van der Waals surface area contributed by atoms with E-state index < -0.39 is 65.8 Å². The van der Waals surface area contributed by atoms with E-state index in [9.17, 15) is 43.5 Å². The number of carbonyl (C=O) groups is 8. The molecule has 0 aromatic rings. The van der Waals surface area contributed by atoms with Crippen LogP contribution in [0, 0.1) is 0 Å². The van der Waals surface area contributed by atoms with E-state index in [1.165, 1.54) is 40.5 Å². The summed E-state index contributed by atoms with van der Waals surface area (Å²) in [6.45, 7) is 7.87. The second kappa shape index (κ2) is 24.9. The number of rotatable bonds is 26.